The average molecular weight is 434 g/mol. The van der Waals surface area contributed by atoms with Crippen molar-refractivity contribution in [3.8, 4) is 21.7 Å². The zero-order chi connectivity index (χ0) is 15.1. The van der Waals surface area contributed by atoms with Crippen LogP contribution in [0.15, 0.2) is 72.8 Å². The fourth-order valence-corrected chi connectivity index (χ4v) is 3.21. The molecule has 0 N–H and O–H groups in total. The minimum absolute atomic E-state index is 0.768. The Morgan fingerprint density at radius 3 is 1.24 bits per heavy atom. The third kappa shape index (κ3) is 5.93. The summed E-state index contributed by atoms with van der Waals surface area (Å²) in [5, 5.41) is 2.87. The van der Waals surface area contributed by atoms with E-state index in [4.69, 9.17) is 25.5 Å². The predicted octanol–water partition coefficient (Wildman–Crippen LogP) is 7.12. The van der Waals surface area contributed by atoms with Crippen molar-refractivity contribution in [3.05, 3.63) is 72.8 Å². The van der Waals surface area contributed by atoms with Crippen LogP contribution in [0.2, 0.25) is 0 Å². The van der Waals surface area contributed by atoms with Crippen LogP contribution in [-0.4, -0.2) is 0 Å². The van der Waals surface area contributed by atoms with E-state index >= 15 is 0 Å². The quantitative estimate of drug-likeness (QED) is 0.403. The molecule has 3 aromatic rings. The molecule has 0 saturated carbocycles. The predicted molar refractivity (Wildman–Crippen MR) is 94.4 cm³/mol. The van der Waals surface area contributed by atoms with Crippen molar-refractivity contribution < 1.29 is 18.2 Å². The largest absolute Gasteiger partial charge is 0.123 e. The summed E-state index contributed by atoms with van der Waals surface area (Å²) in [6, 6.07) is 25.7. The van der Waals surface area contributed by atoms with Gasteiger partial charge in [-0.15, -0.1) is 8.19 Å². The van der Waals surface area contributed by atoms with Crippen molar-refractivity contribution in [2.45, 2.75) is 0 Å². The number of benzene rings is 2. The summed E-state index contributed by atoms with van der Waals surface area (Å²) in [7, 11) is 15.8. The Labute approximate surface area is 145 Å². The van der Waals surface area contributed by atoms with Crippen molar-refractivity contribution in [3.63, 3.8) is 0 Å². The van der Waals surface area contributed by atoms with Gasteiger partial charge in [-0.05, 0) is 33.9 Å². The molecular formula is C16H13Cl3PZr. The summed E-state index contributed by atoms with van der Waals surface area (Å²) >= 11 is -2.13. The maximum absolute atomic E-state index is 5.00. The third-order valence-corrected chi connectivity index (χ3v) is 4.30. The van der Waals surface area contributed by atoms with Crippen molar-refractivity contribution in [2.24, 2.45) is 0 Å². The smallest absolute Gasteiger partial charge is 0.00121 e. The van der Waals surface area contributed by atoms with Gasteiger partial charge in [0.2, 0.25) is 0 Å². The van der Waals surface area contributed by atoms with Crippen LogP contribution >= 0.6 is 33.7 Å². The molecule has 0 aliphatic carbocycles. The summed E-state index contributed by atoms with van der Waals surface area (Å²) in [4.78, 5) is 0. The summed E-state index contributed by atoms with van der Waals surface area (Å²) < 4.78 is 0. The molecular weight excluding hydrogens is 421 g/mol. The Hall–Kier alpha value is -0.0269. The van der Waals surface area contributed by atoms with E-state index < -0.39 is 18.2 Å². The van der Waals surface area contributed by atoms with Gasteiger partial charge in [0, 0.05) is 0 Å². The molecule has 2 aromatic carbocycles. The molecule has 0 unspecified atom stereocenters. The second-order valence-corrected chi connectivity index (χ2v) is 16.8. The molecule has 5 heteroatoms. The minimum atomic E-state index is -2.13. The van der Waals surface area contributed by atoms with Crippen molar-refractivity contribution in [2.75, 3.05) is 0 Å². The molecule has 0 aliphatic heterocycles. The summed E-state index contributed by atoms with van der Waals surface area (Å²) in [5.41, 5.74) is 2.68. The van der Waals surface area contributed by atoms with Gasteiger partial charge in [-0.1, -0.05) is 60.7 Å². The van der Waals surface area contributed by atoms with E-state index in [1.807, 2.05) is 0 Å². The molecule has 0 amide bonds. The van der Waals surface area contributed by atoms with Gasteiger partial charge in [0.05, 0.1) is 0 Å². The van der Waals surface area contributed by atoms with Crippen LogP contribution in [0.4, 0.5) is 0 Å². The van der Waals surface area contributed by atoms with Crippen molar-refractivity contribution >= 4 is 33.7 Å². The molecule has 0 aliphatic rings. The Balaban J connectivity index is 0.000000361. The van der Waals surface area contributed by atoms with Gasteiger partial charge < -0.3 is 0 Å². The Bertz CT molecular complexity index is 597. The zero-order valence-electron chi connectivity index (χ0n) is 11.1. The minimum Gasteiger partial charge on any atom is -0.123 e. The second kappa shape index (κ2) is 9.19. The SMILES string of the molecule is [Cl][Zr]([Cl])[Cl].c1ccc(-c2ccc(-c3ccccc3)[pH]2)cc1. The first-order valence-electron chi connectivity index (χ1n) is 6.30. The topological polar surface area (TPSA) is 0 Å². The maximum atomic E-state index is 5.00. The Morgan fingerprint density at radius 2 is 0.905 bits per heavy atom. The number of rotatable bonds is 2. The Morgan fingerprint density at radius 1 is 0.571 bits per heavy atom. The van der Waals surface area contributed by atoms with Crippen LogP contribution in [0.25, 0.3) is 21.7 Å². The standard InChI is InChI=1S/C16H13P.3ClH.Zr/c1-3-7-13(8-4-1)15-11-12-16(17-15)14-9-5-2-6-10-14;;;;/h1-12,17H;3*1H;/q;;;;+3/p-3. The monoisotopic (exact) mass is 431 g/mol. The molecule has 0 saturated heterocycles. The first-order valence-corrected chi connectivity index (χ1v) is 16.8. The number of hydrogen-bond acceptors (Lipinski definition) is 0. The van der Waals surface area contributed by atoms with E-state index in [-0.39, 0.29) is 0 Å². The average Bonchev–Trinajstić information content (AvgIpc) is 2.98. The molecule has 3 rings (SSSR count). The molecule has 0 nitrogen and oxygen atoms in total. The zero-order valence-corrected chi connectivity index (χ0v) is 16.8. The molecule has 0 radical (unpaired) electrons. The fraction of sp³-hybridized carbons (Fsp3) is 0. The Kier molecular flexibility index (Phi) is 7.58. The van der Waals surface area contributed by atoms with Crippen molar-refractivity contribution in [1.82, 2.24) is 0 Å². The van der Waals surface area contributed by atoms with Gasteiger partial charge in [0.25, 0.3) is 0 Å². The van der Waals surface area contributed by atoms with Gasteiger partial charge in [-0.2, -0.15) is 0 Å². The second-order valence-electron chi connectivity index (χ2n) is 4.23. The molecule has 21 heavy (non-hydrogen) atoms. The fourth-order valence-electron chi connectivity index (χ4n) is 1.97. The molecule has 1 heterocycles. The van der Waals surface area contributed by atoms with Gasteiger partial charge in [-0.3, -0.25) is 0 Å². The summed E-state index contributed by atoms with van der Waals surface area (Å²) in [6.07, 6.45) is 0. The van der Waals surface area contributed by atoms with Gasteiger partial charge >= 0.3 is 43.7 Å². The van der Waals surface area contributed by atoms with E-state index in [1.54, 1.807) is 0 Å². The molecule has 0 spiro atoms. The maximum Gasteiger partial charge on any atom is -0.00121 e. The van der Waals surface area contributed by atoms with Crippen LogP contribution in [0.5, 0.6) is 0 Å². The summed E-state index contributed by atoms with van der Waals surface area (Å²) in [5.74, 6) is 0. The molecule has 107 valence electrons. The van der Waals surface area contributed by atoms with Crippen LogP contribution < -0.4 is 0 Å². The first-order chi connectivity index (χ1) is 10.2. The number of halogens is 3. The van der Waals surface area contributed by atoms with Crippen LogP contribution in [-0.2, 0) is 18.2 Å². The van der Waals surface area contributed by atoms with Crippen LogP contribution in [0, 0.1) is 0 Å². The van der Waals surface area contributed by atoms with Crippen LogP contribution in [0.3, 0.4) is 0 Å². The van der Waals surface area contributed by atoms with Gasteiger partial charge in [0.15, 0.2) is 0 Å². The van der Waals surface area contributed by atoms with Crippen molar-refractivity contribution in [1.29, 1.82) is 0 Å². The van der Waals surface area contributed by atoms with E-state index in [0.29, 0.717) is 0 Å². The molecule has 0 bridgehead atoms. The van der Waals surface area contributed by atoms with Gasteiger partial charge in [0.1, 0.15) is 0 Å². The van der Waals surface area contributed by atoms with E-state index in [0.717, 1.165) is 8.19 Å². The molecule has 0 fully saturated rings. The molecule has 0 atom stereocenters. The van der Waals surface area contributed by atoms with E-state index in [9.17, 15) is 0 Å². The first kappa shape index (κ1) is 17.3. The molecule has 1 aromatic heterocycles. The number of hydrogen-bond donors (Lipinski definition) is 0. The summed E-state index contributed by atoms with van der Waals surface area (Å²) in [6.45, 7) is 0. The third-order valence-electron chi connectivity index (χ3n) is 2.86. The van der Waals surface area contributed by atoms with E-state index in [1.165, 1.54) is 21.7 Å². The van der Waals surface area contributed by atoms with E-state index in [2.05, 4.69) is 72.8 Å². The normalized spacial score (nSPS) is 9.67. The van der Waals surface area contributed by atoms with Gasteiger partial charge in [-0.25, -0.2) is 0 Å². The van der Waals surface area contributed by atoms with Crippen LogP contribution in [0.1, 0.15) is 0 Å².